The molecule has 6 aromatic rings. The first-order valence-electron chi connectivity index (χ1n) is 29.2. The second-order valence-electron chi connectivity index (χ2n) is 25.1. The average Bonchev–Trinajstić information content (AvgIpc) is 1.70. The van der Waals surface area contributed by atoms with E-state index in [0.717, 1.165) is 5.56 Å². The van der Waals surface area contributed by atoms with E-state index in [-0.39, 0.29) is 59.4 Å². The number of carbonyl (C=O) groups excluding carboxylic acids is 2. The fourth-order valence-corrected chi connectivity index (χ4v) is 15.3. The molecule has 0 radical (unpaired) electrons. The molecule has 3 aliphatic heterocycles. The number of anilines is 1. The van der Waals surface area contributed by atoms with Crippen LogP contribution in [0.15, 0.2) is 89.3 Å². The lowest BCUT2D eigenvalue weighted by molar-refractivity contribution is -0.0573. The van der Waals surface area contributed by atoms with Crippen molar-refractivity contribution in [1.82, 2.24) is 38.5 Å². The smallest absolute Gasteiger partial charge is 0.460 e. The largest absolute Gasteiger partial charge is 0.695 e. The van der Waals surface area contributed by atoms with Crippen molar-refractivity contribution in [3.63, 3.8) is 0 Å². The molecule has 0 saturated carbocycles. The average molecular weight is 1320 g/mol. The van der Waals surface area contributed by atoms with Crippen molar-refractivity contribution >= 4 is 95.6 Å². The molecule has 0 aliphatic carbocycles. The monoisotopic (exact) mass is 1320 g/mol. The summed E-state index contributed by atoms with van der Waals surface area (Å²) in [6, 6.07) is 17.4. The van der Waals surface area contributed by atoms with Gasteiger partial charge in [-0.3, -0.25) is 28.1 Å². The molecule has 478 valence electrons. The van der Waals surface area contributed by atoms with E-state index in [2.05, 4.69) is 40.6 Å². The molecule has 3 aliphatic rings. The van der Waals surface area contributed by atoms with E-state index in [1.54, 1.807) is 83.1 Å². The third kappa shape index (κ3) is 14.7. The quantitative estimate of drug-likeness (QED) is 0.0109. The molecule has 26 nitrogen and oxygen atoms in total. The molecule has 2 saturated heterocycles. The number of hydrogen-bond acceptors (Lipinski definition) is 20. The number of esters is 1. The topological polar surface area (TPSA) is 281 Å². The number of carbonyl (C=O) groups is 2. The summed E-state index contributed by atoms with van der Waals surface area (Å²) in [5.74, 6) is -0.469. The van der Waals surface area contributed by atoms with Crippen LogP contribution in [0.2, 0.25) is 36.3 Å². The summed E-state index contributed by atoms with van der Waals surface area (Å²) in [4.78, 5) is 82.6. The van der Waals surface area contributed by atoms with E-state index in [0.29, 0.717) is 47.4 Å². The number of aliphatic hydroxyl groups is 1. The second-order valence-corrected chi connectivity index (χ2v) is 38.3. The number of nitrogens with zero attached hydrogens (tertiary/aromatic N) is 11. The molecule has 2 aromatic carbocycles. The zero-order valence-electron chi connectivity index (χ0n) is 52.0. The number of aliphatic imine (C=N–C) groups is 1. The van der Waals surface area contributed by atoms with Gasteiger partial charge in [0.1, 0.15) is 61.5 Å². The highest BCUT2D eigenvalue weighted by Crippen LogP contribution is 2.57. The van der Waals surface area contributed by atoms with E-state index >= 15 is 0 Å². The van der Waals surface area contributed by atoms with Gasteiger partial charge in [0.15, 0.2) is 46.4 Å². The maximum atomic E-state index is 14.6. The minimum atomic E-state index is -4.24. The van der Waals surface area contributed by atoms with Crippen LogP contribution in [0.3, 0.4) is 0 Å². The highest BCUT2D eigenvalue weighted by atomic mass is 32.5. The molecule has 89 heavy (non-hydrogen) atoms. The summed E-state index contributed by atoms with van der Waals surface area (Å²) in [5, 5.41) is 11.0. The first kappa shape index (κ1) is 67.5. The molecule has 7 heterocycles. The Bertz CT molecular complexity index is 3730. The maximum Gasteiger partial charge on any atom is 0.695 e. The molecule has 2 N–H and O–H groups in total. The van der Waals surface area contributed by atoms with Crippen LogP contribution >= 0.6 is 15.0 Å². The Hall–Kier alpha value is -5.91. The molecule has 2 fully saturated rings. The first-order valence-corrected chi connectivity index (χ1v) is 38.7. The Morgan fingerprint density at radius 2 is 1.52 bits per heavy atom. The van der Waals surface area contributed by atoms with Gasteiger partial charge in [0.05, 0.1) is 43.4 Å². The zero-order chi connectivity index (χ0) is 64.4. The van der Waals surface area contributed by atoms with Crippen molar-refractivity contribution in [3.05, 3.63) is 118 Å². The SMILES string of the molecule is [C-]#[N+]CCOP(=S)(OC[C@H]1O[C@@H](n2cc3c4c(ncnc42)N(C(=O)c2ccccc2)CCC3)[C@H](O[Si](C)(C)C(C)(C)C)[C@@H]1O[P+](=O)O)O[C@@H]1[C@H](O[Si](C)(C)C(C)(C)C)[C@@H](CO)O[C@H]1n1cnc2c(=O)n(CCOC(=O)c3ccccc3)c(/N=C/N(C)C)nc21. The number of rotatable bonds is 24. The Morgan fingerprint density at radius 1 is 0.876 bits per heavy atom. The minimum absolute atomic E-state index is 0.000647. The summed E-state index contributed by atoms with van der Waals surface area (Å²) in [5.41, 5.74) is 1.34. The molecule has 4 aromatic heterocycles. The van der Waals surface area contributed by atoms with Crippen LogP contribution in [0, 0.1) is 6.57 Å². The van der Waals surface area contributed by atoms with Crippen LogP contribution in [0.25, 0.3) is 27.0 Å². The van der Waals surface area contributed by atoms with Crippen molar-refractivity contribution in [2.75, 3.05) is 58.5 Å². The van der Waals surface area contributed by atoms with Gasteiger partial charge in [0.25, 0.3) is 11.5 Å². The van der Waals surface area contributed by atoms with Crippen molar-refractivity contribution in [2.24, 2.45) is 4.99 Å². The summed E-state index contributed by atoms with van der Waals surface area (Å²) >= 11 is 6.36. The minimum Gasteiger partial charge on any atom is -0.460 e. The lowest BCUT2D eigenvalue weighted by Gasteiger charge is -2.41. The highest BCUT2D eigenvalue weighted by Gasteiger charge is 2.57. The van der Waals surface area contributed by atoms with Gasteiger partial charge < -0.3 is 51.5 Å². The fourth-order valence-electron chi connectivity index (χ4n) is 10.1. The third-order valence-corrected chi connectivity index (χ3v) is 28.5. The van der Waals surface area contributed by atoms with Gasteiger partial charge in [-0.1, -0.05) is 77.9 Å². The van der Waals surface area contributed by atoms with Crippen LogP contribution in [-0.4, -0.2) is 174 Å². The number of hydrogen-bond donors (Lipinski definition) is 2. The van der Waals surface area contributed by atoms with E-state index < -0.39 is 105 Å². The van der Waals surface area contributed by atoms with Crippen LogP contribution in [0.1, 0.15) is 86.7 Å². The summed E-state index contributed by atoms with van der Waals surface area (Å²) in [6.45, 7) is 22.4. The Labute approximate surface area is 524 Å². The number of aryl methyl sites for hydroxylation is 1. The lowest BCUT2D eigenvalue weighted by Crippen LogP contribution is -2.50. The van der Waals surface area contributed by atoms with Crippen LogP contribution in [-0.2, 0) is 70.5 Å². The van der Waals surface area contributed by atoms with Crippen LogP contribution in [0.4, 0.5) is 11.8 Å². The molecular weight excluding hydrogens is 1240 g/mol. The fraction of sp³-hybridized carbons (Fsp3) is 0.534. The van der Waals surface area contributed by atoms with Crippen molar-refractivity contribution in [2.45, 2.75) is 146 Å². The van der Waals surface area contributed by atoms with Crippen LogP contribution in [0.5, 0.6) is 0 Å². The normalized spacial score (nSPS) is 22.6. The Kier molecular flexibility index (Phi) is 20.9. The predicted octanol–water partition coefficient (Wildman–Crippen LogP) is 8.87. The van der Waals surface area contributed by atoms with Crippen molar-refractivity contribution in [3.8, 4) is 0 Å². The molecular formula is C58H78N11O15P2SSi2+. The van der Waals surface area contributed by atoms with E-state index in [9.17, 15) is 28.9 Å². The number of fused-ring (bicyclic) bond motifs is 1. The molecule has 2 unspecified atom stereocenters. The van der Waals surface area contributed by atoms with E-state index in [4.69, 9.17) is 69.5 Å². The summed E-state index contributed by atoms with van der Waals surface area (Å²) < 4.78 is 77.3. The number of imidazole rings is 1. The summed E-state index contributed by atoms with van der Waals surface area (Å²) in [7, 11) is -5.50. The first-order chi connectivity index (χ1) is 42.1. The highest BCUT2D eigenvalue weighted by molar-refractivity contribution is 8.07. The molecule has 0 bridgehead atoms. The lowest BCUT2D eigenvalue weighted by atomic mass is 10.1. The molecule has 1 amide bonds. The Morgan fingerprint density at radius 3 is 2.15 bits per heavy atom. The van der Waals surface area contributed by atoms with Crippen LogP contribution < -0.4 is 10.5 Å². The Balaban J connectivity index is 1.11. The van der Waals surface area contributed by atoms with Gasteiger partial charge in [0, 0.05) is 37.0 Å². The number of benzene rings is 2. The number of amides is 1. The van der Waals surface area contributed by atoms with Gasteiger partial charge in [-0.15, -0.1) is 9.42 Å². The number of ether oxygens (including phenoxy) is 3. The van der Waals surface area contributed by atoms with Gasteiger partial charge in [-0.05, 0) is 90.7 Å². The van der Waals surface area contributed by atoms with Gasteiger partial charge in [-0.2, -0.15) is 4.98 Å². The zero-order valence-corrected chi connectivity index (χ0v) is 56.6. The number of aromatic nitrogens is 7. The molecule has 10 atom stereocenters. The standard InChI is InChI=1S/C58H77N11O15P2SSi2/c1-57(2,3)88(10,11)83-45-40(32-70)79-53(69-36-62-43-50(69)64-56(63-35-65(8)9)67(52(43)72)28-30-76-55(73)38-23-18-15-19-24-38)46(45)82-86(87,77-29-26-59-7)78-33-41-44(81-85(74)75)47(84-89(12,13)58(4,5)6)54(80-41)68-31-39-25-20-27-66(48-42(39)49(68)61-34-60-48)51(71)37-21-16-14-17-22-37/h14-19,21-24,31,34-36,40-41,44-47,53-54,70H,20,25-30,32-33H2,1-6,8-13H3/p+1/b63-35+/t40-,41-,44-,45-,46-,47-,53-,54-,86?/m1/s1. The van der Waals surface area contributed by atoms with Gasteiger partial charge in [0.2, 0.25) is 12.5 Å². The van der Waals surface area contributed by atoms with Crippen molar-refractivity contribution < 1.29 is 65.3 Å². The van der Waals surface area contributed by atoms with E-state index in [1.165, 1.54) is 28.1 Å². The summed E-state index contributed by atoms with van der Waals surface area (Å²) in [6.07, 6.45) is -2.37. The molecule has 0 spiro atoms. The maximum absolute atomic E-state index is 14.6. The predicted molar refractivity (Wildman–Crippen MR) is 341 cm³/mol. The third-order valence-electron chi connectivity index (χ3n) is 16.7. The molecule has 9 rings (SSSR count). The van der Waals surface area contributed by atoms with E-state index in [1.807, 2.05) is 59.2 Å². The van der Waals surface area contributed by atoms with Gasteiger partial charge in [-0.25, -0.2) is 31.3 Å². The van der Waals surface area contributed by atoms with Crippen molar-refractivity contribution in [1.29, 1.82) is 0 Å². The molecule has 31 heteroatoms. The number of aliphatic hydroxyl groups excluding tert-OH is 1. The van der Waals surface area contributed by atoms with Gasteiger partial charge >= 0.3 is 20.9 Å². The second kappa shape index (κ2) is 27.5.